The van der Waals surface area contributed by atoms with E-state index in [0.29, 0.717) is 12.2 Å². The Bertz CT molecular complexity index is 707. The topological polar surface area (TPSA) is 68.3 Å². The van der Waals surface area contributed by atoms with Crippen LogP contribution in [0, 0.1) is 6.92 Å². The highest BCUT2D eigenvalue weighted by atomic mass is 16.2. The van der Waals surface area contributed by atoms with Crippen molar-refractivity contribution in [2.24, 2.45) is 0 Å². The molecule has 0 aliphatic carbocycles. The normalized spacial score (nSPS) is 10.4. The first kappa shape index (κ1) is 14.8. The van der Waals surface area contributed by atoms with E-state index < -0.39 is 0 Å². The first-order valence-corrected chi connectivity index (χ1v) is 6.85. The van der Waals surface area contributed by atoms with Crippen molar-refractivity contribution in [3.05, 3.63) is 58.5 Å². The molecule has 1 aromatic heterocycles. The van der Waals surface area contributed by atoms with E-state index in [0.717, 1.165) is 11.3 Å². The van der Waals surface area contributed by atoms with Gasteiger partial charge in [-0.2, -0.15) is 0 Å². The summed E-state index contributed by atoms with van der Waals surface area (Å²) in [5, 5.41) is 0. The number of amides is 1. The lowest BCUT2D eigenvalue weighted by atomic mass is 10.2. The number of likely N-dealkylation sites (N-methyl/N-ethyl adjacent to an activating group) is 1. The van der Waals surface area contributed by atoms with Gasteiger partial charge in [-0.25, -0.2) is 0 Å². The fraction of sp³-hybridized carbons (Fsp3) is 0.250. The Hall–Kier alpha value is -2.56. The Morgan fingerprint density at radius 3 is 2.62 bits per heavy atom. The van der Waals surface area contributed by atoms with Gasteiger partial charge in [-0.3, -0.25) is 9.59 Å². The van der Waals surface area contributed by atoms with Gasteiger partial charge in [-0.05, 0) is 31.5 Å². The van der Waals surface area contributed by atoms with Gasteiger partial charge in [0.05, 0.1) is 0 Å². The van der Waals surface area contributed by atoms with Gasteiger partial charge in [0.1, 0.15) is 6.54 Å². The number of aromatic nitrogens is 1. The number of rotatable bonds is 4. The van der Waals surface area contributed by atoms with Crippen molar-refractivity contribution in [3.63, 3.8) is 0 Å². The van der Waals surface area contributed by atoms with Crippen LogP contribution in [-0.2, 0) is 11.3 Å². The SMILES string of the molecule is CCN(C(=O)Cn1cc(N)ccc1=O)c1ccccc1C. The van der Waals surface area contributed by atoms with Gasteiger partial charge >= 0.3 is 0 Å². The van der Waals surface area contributed by atoms with Crippen molar-refractivity contribution in [2.45, 2.75) is 20.4 Å². The molecule has 0 spiro atoms. The van der Waals surface area contributed by atoms with Crippen LogP contribution >= 0.6 is 0 Å². The van der Waals surface area contributed by atoms with Gasteiger partial charge in [0, 0.05) is 30.2 Å². The number of para-hydroxylation sites is 1. The lowest BCUT2D eigenvalue weighted by Crippen LogP contribution is -2.36. The molecule has 0 fully saturated rings. The molecule has 0 radical (unpaired) electrons. The van der Waals surface area contributed by atoms with Crippen LogP contribution in [0.1, 0.15) is 12.5 Å². The smallest absolute Gasteiger partial charge is 0.251 e. The first-order valence-electron chi connectivity index (χ1n) is 6.85. The summed E-state index contributed by atoms with van der Waals surface area (Å²) in [4.78, 5) is 25.9. The number of nitrogen functional groups attached to an aromatic ring is 1. The number of carbonyl (C=O) groups is 1. The van der Waals surface area contributed by atoms with Crippen LogP contribution in [0.25, 0.3) is 0 Å². The van der Waals surface area contributed by atoms with Gasteiger partial charge in [0.15, 0.2) is 0 Å². The van der Waals surface area contributed by atoms with Crippen LogP contribution in [0.4, 0.5) is 11.4 Å². The van der Waals surface area contributed by atoms with E-state index in [1.54, 1.807) is 4.90 Å². The molecule has 5 nitrogen and oxygen atoms in total. The molecule has 1 heterocycles. The summed E-state index contributed by atoms with van der Waals surface area (Å²) in [6.07, 6.45) is 1.49. The van der Waals surface area contributed by atoms with Crippen LogP contribution in [0.2, 0.25) is 0 Å². The van der Waals surface area contributed by atoms with Crippen molar-refractivity contribution in [1.29, 1.82) is 0 Å². The zero-order chi connectivity index (χ0) is 15.4. The molecular weight excluding hydrogens is 266 g/mol. The minimum absolute atomic E-state index is 0.0218. The summed E-state index contributed by atoms with van der Waals surface area (Å²) in [5.41, 5.74) is 7.77. The van der Waals surface area contributed by atoms with Gasteiger partial charge < -0.3 is 15.2 Å². The Morgan fingerprint density at radius 1 is 1.24 bits per heavy atom. The molecule has 0 atom stereocenters. The monoisotopic (exact) mass is 285 g/mol. The summed E-state index contributed by atoms with van der Waals surface area (Å²) in [5.74, 6) is -0.139. The summed E-state index contributed by atoms with van der Waals surface area (Å²) in [7, 11) is 0. The Labute approximate surface area is 123 Å². The van der Waals surface area contributed by atoms with E-state index in [4.69, 9.17) is 5.73 Å². The molecule has 0 aliphatic heterocycles. The van der Waals surface area contributed by atoms with Gasteiger partial charge in [0.2, 0.25) is 5.91 Å². The minimum Gasteiger partial charge on any atom is -0.398 e. The largest absolute Gasteiger partial charge is 0.398 e. The molecule has 0 aliphatic rings. The number of pyridine rings is 1. The maximum absolute atomic E-state index is 12.5. The maximum atomic E-state index is 12.5. The van der Waals surface area contributed by atoms with Crippen molar-refractivity contribution in [3.8, 4) is 0 Å². The number of hydrogen-bond donors (Lipinski definition) is 1. The molecule has 1 amide bonds. The standard InChI is InChI=1S/C16H19N3O2/c1-3-19(14-7-5-4-6-12(14)2)16(21)11-18-10-13(17)8-9-15(18)20/h4-10H,3,11,17H2,1-2H3. The molecule has 5 heteroatoms. The third-order valence-corrected chi connectivity index (χ3v) is 3.34. The molecular formula is C16H19N3O2. The van der Waals surface area contributed by atoms with E-state index in [1.165, 1.54) is 22.9 Å². The zero-order valence-corrected chi connectivity index (χ0v) is 12.2. The van der Waals surface area contributed by atoms with Gasteiger partial charge in [-0.15, -0.1) is 0 Å². The quantitative estimate of drug-likeness (QED) is 0.931. The summed E-state index contributed by atoms with van der Waals surface area (Å²) < 4.78 is 1.33. The molecule has 2 aromatic rings. The second kappa shape index (κ2) is 6.26. The predicted molar refractivity (Wildman–Crippen MR) is 84.3 cm³/mol. The Morgan fingerprint density at radius 2 is 1.95 bits per heavy atom. The van der Waals surface area contributed by atoms with Gasteiger partial charge in [-0.1, -0.05) is 18.2 Å². The number of hydrogen-bond acceptors (Lipinski definition) is 3. The molecule has 2 rings (SSSR count). The van der Waals surface area contributed by atoms with Crippen LogP contribution in [0.5, 0.6) is 0 Å². The zero-order valence-electron chi connectivity index (χ0n) is 12.2. The van der Waals surface area contributed by atoms with E-state index in [2.05, 4.69) is 0 Å². The predicted octanol–water partition coefficient (Wildman–Crippen LogP) is 1.79. The molecule has 0 saturated carbocycles. The second-order valence-corrected chi connectivity index (χ2v) is 4.85. The number of nitrogens with zero attached hydrogens (tertiary/aromatic N) is 2. The molecule has 2 N–H and O–H groups in total. The maximum Gasteiger partial charge on any atom is 0.251 e. The Kier molecular flexibility index (Phi) is 4.42. The average molecular weight is 285 g/mol. The van der Waals surface area contributed by atoms with Crippen molar-refractivity contribution in [2.75, 3.05) is 17.2 Å². The highest BCUT2D eigenvalue weighted by Crippen LogP contribution is 2.19. The van der Waals surface area contributed by atoms with Crippen LogP contribution < -0.4 is 16.2 Å². The number of carbonyl (C=O) groups excluding carboxylic acids is 1. The lowest BCUT2D eigenvalue weighted by molar-refractivity contribution is -0.119. The minimum atomic E-state index is -0.238. The lowest BCUT2D eigenvalue weighted by Gasteiger charge is -2.23. The summed E-state index contributed by atoms with van der Waals surface area (Å²) in [6.45, 7) is 4.39. The molecule has 1 aromatic carbocycles. The third kappa shape index (κ3) is 3.31. The van der Waals surface area contributed by atoms with Crippen LogP contribution in [-0.4, -0.2) is 17.0 Å². The van der Waals surface area contributed by atoms with Crippen LogP contribution in [0.3, 0.4) is 0 Å². The van der Waals surface area contributed by atoms with Crippen molar-refractivity contribution in [1.82, 2.24) is 4.57 Å². The summed E-state index contributed by atoms with van der Waals surface area (Å²) >= 11 is 0. The Balaban J connectivity index is 2.28. The van der Waals surface area contributed by atoms with E-state index in [9.17, 15) is 9.59 Å². The van der Waals surface area contributed by atoms with E-state index in [1.807, 2.05) is 38.1 Å². The molecule has 0 saturated heterocycles. The van der Waals surface area contributed by atoms with E-state index in [-0.39, 0.29) is 18.0 Å². The first-order chi connectivity index (χ1) is 10.0. The highest BCUT2D eigenvalue weighted by Gasteiger charge is 2.16. The number of aryl methyl sites for hydroxylation is 1. The number of nitrogens with two attached hydrogens (primary N) is 1. The van der Waals surface area contributed by atoms with Crippen LogP contribution in [0.15, 0.2) is 47.4 Å². The second-order valence-electron chi connectivity index (χ2n) is 4.85. The molecule has 0 unspecified atom stereocenters. The fourth-order valence-electron chi connectivity index (χ4n) is 2.25. The third-order valence-electron chi connectivity index (χ3n) is 3.34. The molecule has 21 heavy (non-hydrogen) atoms. The van der Waals surface area contributed by atoms with Crippen molar-refractivity contribution >= 4 is 17.3 Å². The number of anilines is 2. The number of benzene rings is 1. The van der Waals surface area contributed by atoms with E-state index >= 15 is 0 Å². The molecule has 0 bridgehead atoms. The van der Waals surface area contributed by atoms with Crippen molar-refractivity contribution < 1.29 is 4.79 Å². The molecule has 110 valence electrons. The average Bonchev–Trinajstić information content (AvgIpc) is 2.46. The van der Waals surface area contributed by atoms with Gasteiger partial charge in [0.25, 0.3) is 5.56 Å². The summed E-state index contributed by atoms with van der Waals surface area (Å²) in [6, 6.07) is 10.6. The fourth-order valence-corrected chi connectivity index (χ4v) is 2.25. The highest BCUT2D eigenvalue weighted by molar-refractivity contribution is 5.93.